The summed E-state index contributed by atoms with van der Waals surface area (Å²) in [6, 6.07) is 3.88. The first-order valence-corrected chi connectivity index (χ1v) is 9.46. The van der Waals surface area contributed by atoms with Gasteiger partial charge in [-0.2, -0.15) is 0 Å². The zero-order chi connectivity index (χ0) is 19.2. The van der Waals surface area contributed by atoms with Crippen LogP contribution in [-0.2, 0) is 20.7 Å². The van der Waals surface area contributed by atoms with Crippen LogP contribution in [0.3, 0.4) is 0 Å². The molecule has 1 aromatic rings. The Morgan fingerprint density at radius 2 is 1.78 bits per heavy atom. The highest BCUT2D eigenvalue weighted by Gasteiger charge is 2.34. The van der Waals surface area contributed by atoms with E-state index in [1.807, 2.05) is 12.1 Å². The molecule has 1 aliphatic heterocycles. The maximum Gasteiger partial charge on any atom is 0.220 e. The van der Waals surface area contributed by atoms with Crippen molar-refractivity contribution in [2.24, 2.45) is 0 Å². The highest BCUT2D eigenvalue weighted by atomic mass is 16.6. The largest absolute Gasteiger partial charge is 0.493 e. The quantitative estimate of drug-likeness (QED) is 0.782. The Balaban J connectivity index is 1.55. The molecule has 150 valence electrons. The maximum absolute atomic E-state index is 12.4. The van der Waals surface area contributed by atoms with Gasteiger partial charge < -0.3 is 29.0 Å². The van der Waals surface area contributed by atoms with Gasteiger partial charge in [0.1, 0.15) is 0 Å². The Morgan fingerprint density at radius 1 is 1.04 bits per heavy atom. The molecule has 1 aliphatic carbocycles. The van der Waals surface area contributed by atoms with Gasteiger partial charge in [0, 0.05) is 12.5 Å². The second kappa shape index (κ2) is 9.28. The zero-order valence-electron chi connectivity index (χ0n) is 16.3. The fourth-order valence-electron chi connectivity index (χ4n) is 3.91. The van der Waals surface area contributed by atoms with E-state index < -0.39 is 0 Å². The summed E-state index contributed by atoms with van der Waals surface area (Å²) in [5.41, 5.74) is 0.915. The number of nitrogens with one attached hydrogen (secondary N) is 1. The van der Waals surface area contributed by atoms with Crippen LogP contribution in [0.4, 0.5) is 0 Å². The van der Waals surface area contributed by atoms with Crippen molar-refractivity contribution < 1.29 is 28.5 Å². The van der Waals surface area contributed by atoms with Crippen molar-refractivity contribution in [1.29, 1.82) is 0 Å². The summed E-state index contributed by atoms with van der Waals surface area (Å²) in [6.45, 7) is 1.31. The van der Waals surface area contributed by atoms with E-state index in [0.29, 0.717) is 43.3 Å². The number of methoxy groups -OCH3 is 3. The van der Waals surface area contributed by atoms with Gasteiger partial charge in [0.15, 0.2) is 11.5 Å². The molecule has 1 amide bonds. The van der Waals surface area contributed by atoms with Gasteiger partial charge in [0.05, 0.1) is 46.8 Å². The Bertz CT molecular complexity index is 650. The number of benzene rings is 1. The SMILES string of the molecule is COc1ccc(CCC(=O)N[C@@H]2CC[C@H]3OCCO[C@H]3C2)c(OC)c1OC. The van der Waals surface area contributed by atoms with Crippen molar-refractivity contribution in [2.45, 2.75) is 50.4 Å². The van der Waals surface area contributed by atoms with Gasteiger partial charge in [-0.05, 0) is 37.3 Å². The lowest BCUT2D eigenvalue weighted by molar-refractivity contribution is -0.158. The fourth-order valence-corrected chi connectivity index (χ4v) is 3.91. The minimum Gasteiger partial charge on any atom is -0.493 e. The van der Waals surface area contributed by atoms with Gasteiger partial charge in [0.2, 0.25) is 11.7 Å². The molecule has 0 bridgehead atoms. The van der Waals surface area contributed by atoms with Gasteiger partial charge >= 0.3 is 0 Å². The summed E-state index contributed by atoms with van der Waals surface area (Å²) in [6.07, 6.45) is 3.90. The van der Waals surface area contributed by atoms with Crippen LogP contribution in [0.2, 0.25) is 0 Å². The van der Waals surface area contributed by atoms with E-state index in [9.17, 15) is 4.79 Å². The van der Waals surface area contributed by atoms with Crippen molar-refractivity contribution in [3.8, 4) is 17.2 Å². The van der Waals surface area contributed by atoms with Gasteiger partial charge in [-0.3, -0.25) is 4.79 Å². The molecule has 27 heavy (non-hydrogen) atoms. The molecule has 1 saturated heterocycles. The molecule has 1 N–H and O–H groups in total. The number of amides is 1. The highest BCUT2D eigenvalue weighted by molar-refractivity contribution is 5.76. The molecule has 2 aliphatic rings. The van der Waals surface area contributed by atoms with Crippen LogP contribution in [0.1, 0.15) is 31.2 Å². The summed E-state index contributed by atoms with van der Waals surface area (Å²) in [5.74, 6) is 1.80. The maximum atomic E-state index is 12.4. The number of hydrogen-bond acceptors (Lipinski definition) is 6. The lowest BCUT2D eigenvalue weighted by atomic mass is 9.89. The first kappa shape index (κ1) is 19.8. The van der Waals surface area contributed by atoms with E-state index in [-0.39, 0.29) is 24.2 Å². The number of rotatable bonds is 7. The third-order valence-electron chi connectivity index (χ3n) is 5.25. The molecular weight excluding hydrogens is 350 g/mol. The van der Waals surface area contributed by atoms with Crippen LogP contribution in [-0.4, -0.2) is 58.7 Å². The van der Waals surface area contributed by atoms with Gasteiger partial charge in [-0.25, -0.2) is 0 Å². The van der Waals surface area contributed by atoms with E-state index in [4.69, 9.17) is 23.7 Å². The Morgan fingerprint density at radius 3 is 2.48 bits per heavy atom. The van der Waals surface area contributed by atoms with Crippen LogP contribution in [0.15, 0.2) is 12.1 Å². The minimum absolute atomic E-state index is 0.0343. The first-order chi connectivity index (χ1) is 13.2. The zero-order valence-corrected chi connectivity index (χ0v) is 16.3. The number of carbonyl (C=O) groups excluding carboxylic acids is 1. The fraction of sp³-hybridized carbons (Fsp3) is 0.650. The number of hydrogen-bond donors (Lipinski definition) is 1. The summed E-state index contributed by atoms with van der Waals surface area (Å²) in [7, 11) is 4.75. The smallest absolute Gasteiger partial charge is 0.220 e. The molecule has 3 rings (SSSR count). The molecule has 0 unspecified atom stereocenters. The molecule has 7 heteroatoms. The molecule has 0 radical (unpaired) electrons. The van der Waals surface area contributed by atoms with Crippen molar-refractivity contribution in [3.63, 3.8) is 0 Å². The van der Waals surface area contributed by atoms with Gasteiger partial charge in [0.25, 0.3) is 0 Å². The van der Waals surface area contributed by atoms with Crippen LogP contribution in [0, 0.1) is 0 Å². The van der Waals surface area contributed by atoms with E-state index >= 15 is 0 Å². The first-order valence-electron chi connectivity index (χ1n) is 9.46. The summed E-state index contributed by atoms with van der Waals surface area (Å²) in [4.78, 5) is 12.4. The van der Waals surface area contributed by atoms with E-state index in [1.165, 1.54) is 0 Å². The van der Waals surface area contributed by atoms with E-state index in [2.05, 4.69) is 5.32 Å². The Hall–Kier alpha value is -1.99. The van der Waals surface area contributed by atoms with Gasteiger partial charge in [-0.15, -0.1) is 0 Å². The number of fused-ring (bicyclic) bond motifs is 1. The average Bonchev–Trinajstić information content (AvgIpc) is 2.71. The normalized spacial score (nSPS) is 24.6. The van der Waals surface area contributed by atoms with Crippen molar-refractivity contribution in [2.75, 3.05) is 34.5 Å². The van der Waals surface area contributed by atoms with Crippen LogP contribution < -0.4 is 19.5 Å². The third kappa shape index (κ3) is 4.65. The van der Waals surface area contributed by atoms with Crippen molar-refractivity contribution in [3.05, 3.63) is 17.7 Å². The Kier molecular flexibility index (Phi) is 6.79. The average molecular weight is 379 g/mol. The molecule has 0 spiro atoms. The second-order valence-corrected chi connectivity index (χ2v) is 6.89. The molecule has 7 nitrogen and oxygen atoms in total. The summed E-state index contributed by atoms with van der Waals surface area (Å²) in [5, 5.41) is 3.14. The summed E-state index contributed by atoms with van der Waals surface area (Å²) >= 11 is 0. The van der Waals surface area contributed by atoms with Crippen molar-refractivity contribution >= 4 is 5.91 Å². The molecule has 1 heterocycles. The van der Waals surface area contributed by atoms with Gasteiger partial charge in [-0.1, -0.05) is 6.07 Å². The van der Waals surface area contributed by atoms with Crippen LogP contribution in [0.25, 0.3) is 0 Å². The van der Waals surface area contributed by atoms with E-state index in [0.717, 1.165) is 24.8 Å². The minimum atomic E-state index is 0.0343. The molecular formula is C20H29NO6. The number of carbonyl (C=O) groups is 1. The molecule has 1 saturated carbocycles. The summed E-state index contributed by atoms with van der Waals surface area (Å²) < 4.78 is 27.7. The molecule has 0 aromatic heterocycles. The molecule has 3 atom stereocenters. The topological polar surface area (TPSA) is 75.3 Å². The number of ether oxygens (including phenoxy) is 5. The second-order valence-electron chi connectivity index (χ2n) is 6.89. The predicted molar refractivity (Wildman–Crippen MR) is 99.7 cm³/mol. The number of aryl methyl sites for hydroxylation is 1. The lowest BCUT2D eigenvalue weighted by Gasteiger charge is -2.39. The highest BCUT2D eigenvalue weighted by Crippen LogP contribution is 2.40. The monoisotopic (exact) mass is 379 g/mol. The van der Waals surface area contributed by atoms with Crippen LogP contribution in [0.5, 0.6) is 17.2 Å². The van der Waals surface area contributed by atoms with Crippen molar-refractivity contribution in [1.82, 2.24) is 5.32 Å². The Labute approximate surface area is 160 Å². The molecule has 1 aromatic carbocycles. The molecule has 2 fully saturated rings. The standard InChI is InChI=1S/C20H29NO6/c1-23-16-7-4-13(19(24-2)20(16)25-3)5-9-18(22)21-14-6-8-15-17(12-14)27-11-10-26-15/h4,7,14-15,17H,5-6,8-12H2,1-3H3,(H,21,22)/t14-,15-,17+/m1/s1. The van der Waals surface area contributed by atoms with E-state index in [1.54, 1.807) is 21.3 Å². The van der Waals surface area contributed by atoms with Crippen LogP contribution >= 0.6 is 0 Å². The predicted octanol–water partition coefficient (Wildman–Crippen LogP) is 2.10. The lowest BCUT2D eigenvalue weighted by Crippen LogP contribution is -2.49. The third-order valence-corrected chi connectivity index (χ3v) is 5.25.